The average molecular weight is 448 g/mol. The number of nitrogens with zero attached hydrogens (tertiary/aromatic N) is 4. The van der Waals surface area contributed by atoms with Crippen molar-refractivity contribution in [2.75, 3.05) is 13.1 Å². The van der Waals surface area contributed by atoms with Crippen LogP contribution in [0.3, 0.4) is 0 Å². The molecule has 138 valence electrons. The van der Waals surface area contributed by atoms with Crippen molar-refractivity contribution in [3.63, 3.8) is 0 Å². The summed E-state index contributed by atoms with van der Waals surface area (Å²) in [5, 5.41) is 15.5. The van der Waals surface area contributed by atoms with Crippen LogP contribution in [-0.2, 0) is 19.4 Å². The number of nitrogens with one attached hydrogen (secondary N) is 2. The fourth-order valence-electron chi connectivity index (χ4n) is 2.81. The number of aryl methyl sites for hydroxylation is 2. The van der Waals surface area contributed by atoms with Crippen molar-refractivity contribution in [1.29, 1.82) is 0 Å². The van der Waals surface area contributed by atoms with Gasteiger partial charge in [0.25, 0.3) is 0 Å². The lowest BCUT2D eigenvalue weighted by Gasteiger charge is -2.16. The van der Waals surface area contributed by atoms with Gasteiger partial charge in [-0.15, -0.1) is 34.2 Å². The van der Waals surface area contributed by atoms with E-state index in [0.717, 1.165) is 57.1 Å². The summed E-state index contributed by atoms with van der Waals surface area (Å²) in [6, 6.07) is 0.445. The molecule has 0 amide bonds. The SMILES string of the molecule is CCNC(=NCCCc1nnc2n1CCCCC2)NC(C)CC.I. The molecule has 0 saturated heterocycles. The Labute approximate surface area is 163 Å². The Morgan fingerprint density at radius 2 is 2.08 bits per heavy atom. The second kappa shape index (κ2) is 11.7. The van der Waals surface area contributed by atoms with Crippen molar-refractivity contribution in [1.82, 2.24) is 25.4 Å². The molecule has 2 N–H and O–H groups in total. The molecule has 1 aromatic heterocycles. The monoisotopic (exact) mass is 448 g/mol. The van der Waals surface area contributed by atoms with E-state index >= 15 is 0 Å². The van der Waals surface area contributed by atoms with Gasteiger partial charge in [0.1, 0.15) is 11.6 Å². The van der Waals surface area contributed by atoms with Gasteiger partial charge in [-0.1, -0.05) is 13.3 Å². The molecule has 1 aliphatic heterocycles. The molecule has 0 aromatic carbocycles. The molecular formula is C17H33IN6. The minimum atomic E-state index is 0. The van der Waals surface area contributed by atoms with Gasteiger partial charge in [0, 0.05) is 38.5 Å². The molecule has 0 bridgehead atoms. The lowest BCUT2D eigenvalue weighted by molar-refractivity contribution is 0.596. The van der Waals surface area contributed by atoms with Crippen LogP contribution in [0.2, 0.25) is 0 Å². The van der Waals surface area contributed by atoms with E-state index in [2.05, 4.69) is 51.2 Å². The van der Waals surface area contributed by atoms with Crippen molar-refractivity contribution in [3.8, 4) is 0 Å². The molecular weight excluding hydrogens is 415 g/mol. The standard InChI is InChI=1S/C17H32N6.HI/c1-4-14(3)20-17(18-5-2)19-12-9-11-16-22-21-15-10-7-6-8-13-23(15)16;/h14H,4-13H2,1-3H3,(H2,18,19,20);1H. The Balaban J connectivity index is 0.00000288. The summed E-state index contributed by atoms with van der Waals surface area (Å²) in [7, 11) is 0. The molecule has 0 aliphatic carbocycles. The summed E-state index contributed by atoms with van der Waals surface area (Å²) in [5.41, 5.74) is 0. The van der Waals surface area contributed by atoms with Gasteiger partial charge >= 0.3 is 0 Å². The average Bonchev–Trinajstić information content (AvgIpc) is 2.78. The number of hydrogen-bond donors (Lipinski definition) is 2. The van der Waals surface area contributed by atoms with Crippen molar-refractivity contribution in [3.05, 3.63) is 11.6 Å². The minimum Gasteiger partial charge on any atom is -0.357 e. The normalized spacial score (nSPS) is 15.9. The highest BCUT2D eigenvalue weighted by Gasteiger charge is 2.14. The van der Waals surface area contributed by atoms with E-state index in [4.69, 9.17) is 0 Å². The third-order valence-corrected chi connectivity index (χ3v) is 4.35. The highest BCUT2D eigenvalue weighted by molar-refractivity contribution is 14.0. The molecule has 0 saturated carbocycles. The van der Waals surface area contributed by atoms with Crippen LogP contribution < -0.4 is 10.6 Å². The molecule has 0 fully saturated rings. The van der Waals surface area contributed by atoms with Crippen LogP contribution >= 0.6 is 24.0 Å². The number of aromatic nitrogens is 3. The van der Waals surface area contributed by atoms with Crippen LogP contribution in [0.4, 0.5) is 0 Å². The van der Waals surface area contributed by atoms with Gasteiger partial charge in [-0.25, -0.2) is 0 Å². The third kappa shape index (κ3) is 6.57. The Morgan fingerprint density at radius 1 is 1.25 bits per heavy atom. The van der Waals surface area contributed by atoms with Crippen molar-refractivity contribution in [2.45, 2.75) is 78.3 Å². The number of rotatable bonds is 7. The molecule has 2 rings (SSSR count). The lowest BCUT2D eigenvalue weighted by atomic mass is 10.2. The first-order valence-corrected chi connectivity index (χ1v) is 9.20. The summed E-state index contributed by atoms with van der Waals surface area (Å²) >= 11 is 0. The number of halogens is 1. The van der Waals surface area contributed by atoms with Gasteiger partial charge in [0.15, 0.2) is 5.96 Å². The maximum atomic E-state index is 4.67. The molecule has 6 nitrogen and oxygen atoms in total. The van der Waals surface area contributed by atoms with Crippen LogP contribution in [0, 0.1) is 0 Å². The second-order valence-electron chi connectivity index (χ2n) is 6.31. The van der Waals surface area contributed by atoms with E-state index < -0.39 is 0 Å². The Kier molecular flexibility index (Phi) is 10.3. The van der Waals surface area contributed by atoms with E-state index in [1.165, 1.54) is 25.1 Å². The van der Waals surface area contributed by atoms with Crippen LogP contribution in [0.25, 0.3) is 0 Å². The van der Waals surface area contributed by atoms with Gasteiger partial charge < -0.3 is 15.2 Å². The van der Waals surface area contributed by atoms with Gasteiger partial charge in [0.2, 0.25) is 0 Å². The summed E-state index contributed by atoms with van der Waals surface area (Å²) in [5.74, 6) is 3.23. The molecule has 1 atom stereocenters. The van der Waals surface area contributed by atoms with E-state index in [1.807, 2.05) is 0 Å². The van der Waals surface area contributed by atoms with Crippen molar-refractivity contribution in [2.24, 2.45) is 4.99 Å². The molecule has 24 heavy (non-hydrogen) atoms. The first-order chi connectivity index (χ1) is 11.2. The van der Waals surface area contributed by atoms with Gasteiger partial charge in [-0.3, -0.25) is 4.99 Å². The maximum Gasteiger partial charge on any atom is 0.191 e. The van der Waals surface area contributed by atoms with Crippen LogP contribution in [0.5, 0.6) is 0 Å². The van der Waals surface area contributed by atoms with Crippen LogP contribution in [0.15, 0.2) is 4.99 Å². The molecule has 0 radical (unpaired) electrons. The maximum absolute atomic E-state index is 4.67. The predicted molar refractivity (Wildman–Crippen MR) is 110 cm³/mol. The van der Waals surface area contributed by atoms with E-state index in [-0.39, 0.29) is 24.0 Å². The molecule has 7 heteroatoms. The van der Waals surface area contributed by atoms with Crippen molar-refractivity contribution < 1.29 is 0 Å². The van der Waals surface area contributed by atoms with Gasteiger partial charge in [0.05, 0.1) is 0 Å². The number of guanidine groups is 1. The van der Waals surface area contributed by atoms with E-state index in [1.54, 1.807) is 0 Å². The predicted octanol–water partition coefficient (Wildman–Crippen LogP) is 2.91. The summed E-state index contributed by atoms with van der Waals surface area (Å²) < 4.78 is 2.33. The topological polar surface area (TPSA) is 67.1 Å². The summed E-state index contributed by atoms with van der Waals surface area (Å²) in [6.07, 6.45) is 7.94. The van der Waals surface area contributed by atoms with E-state index in [9.17, 15) is 0 Å². The molecule has 1 aromatic rings. The first-order valence-electron chi connectivity index (χ1n) is 9.20. The Morgan fingerprint density at radius 3 is 2.83 bits per heavy atom. The quantitative estimate of drug-likeness (QED) is 0.291. The molecule has 0 spiro atoms. The Bertz CT molecular complexity index is 499. The fourth-order valence-corrected chi connectivity index (χ4v) is 2.81. The third-order valence-electron chi connectivity index (χ3n) is 4.35. The zero-order chi connectivity index (χ0) is 16.5. The zero-order valence-corrected chi connectivity index (χ0v) is 17.7. The smallest absolute Gasteiger partial charge is 0.191 e. The summed E-state index contributed by atoms with van der Waals surface area (Å²) in [4.78, 5) is 4.67. The summed E-state index contributed by atoms with van der Waals surface area (Å²) in [6.45, 7) is 9.24. The zero-order valence-electron chi connectivity index (χ0n) is 15.3. The number of aliphatic imine (C=N–C) groups is 1. The largest absolute Gasteiger partial charge is 0.357 e. The minimum absolute atomic E-state index is 0. The lowest BCUT2D eigenvalue weighted by Crippen LogP contribution is -2.42. The molecule has 1 unspecified atom stereocenters. The number of fused-ring (bicyclic) bond motifs is 1. The number of hydrogen-bond acceptors (Lipinski definition) is 3. The molecule has 1 aliphatic rings. The first kappa shape index (κ1) is 21.2. The van der Waals surface area contributed by atoms with E-state index in [0.29, 0.717) is 6.04 Å². The van der Waals surface area contributed by atoms with Crippen LogP contribution in [0.1, 0.15) is 64.5 Å². The van der Waals surface area contributed by atoms with Gasteiger partial charge in [-0.2, -0.15) is 0 Å². The van der Waals surface area contributed by atoms with Crippen LogP contribution in [-0.4, -0.2) is 39.9 Å². The molecule has 2 heterocycles. The highest BCUT2D eigenvalue weighted by atomic mass is 127. The Hall–Kier alpha value is -0.860. The fraction of sp³-hybridized carbons (Fsp3) is 0.824. The van der Waals surface area contributed by atoms with Gasteiger partial charge in [-0.05, 0) is 39.5 Å². The highest BCUT2D eigenvalue weighted by Crippen LogP contribution is 2.15. The second-order valence-corrected chi connectivity index (χ2v) is 6.31. The van der Waals surface area contributed by atoms with Crippen molar-refractivity contribution >= 4 is 29.9 Å².